The van der Waals surface area contributed by atoms with Crippen LogP contribution >= 0.6 is 0 Å². The Balaban J connectivity index is 2.10. The predicted octanol–water partition coefficient (Wildman–Crippen LogP) is 1.23. The summed E-state index contributed by atoms with van der Waals surface area (Å²) in [7, 11) is -1.79. The van der Waals surface area contributed by atoms with Crippen molar-refractivity contribution in [3.8, 4) is 0 Å². The van der Waals surface area contributed by atoms with E-state index in [9.17, 15) is 8.42 Å². The van der Waals surface area contributed by atoms with Gasteiger partial charge in [0.05, 0.1) is 10.6 Å². The highest BCUT2D eigenvalue weighted by Crippen LogP contribution is 2.17. The van der Waals surface area contributed by atoms with Crippen LogP contribution < -0.4 is 10.5 Å². The van der Waals surface area contributed by atoms with Crippen molar-refractivity contribution in [2.45, 2.75) is 31.3 Å². The van der Waals surface area contributed by atoms with Crippen molar-refractivity contribution in [2.75, 3.05) is 0 Å². The standard InChI is InChI=1S/C14H20N4O2S/c1-10(16-8-13-9-18(3)17-11(13)2)12-5-4-6-14(7-12)21(15,19)20/h4-7,9-10,16H,8H2,1-3H3,(H2,15,19,20). The lowest BCUT2D eigenvalue weighted by Gasteiger charge is -2.14. The number of aryl methyl sites for hydroxylation is 2. The predicted molar refractivity (Wildman–Crippen MR) is 81.0 cm³/mol. The van der Waals surface area contributed by atoms with Gasteiger partial charge in [-0.3, -0.25) is 4.68 Å². The molecule has 3 N–H and O–H groups in total. The monoisotopic (exact) mass is 308 g/mol. The number of rotatable bonds is 5. The first-order valence-electron chi connectivity index (χ1n) is 6.62. The van der Waals surface area contributed by atoms with E-state index in [1.54, 1.807) is 16.8 Å². The Morgan fingerprint density at radius 2 is 2.14 bits per heavy atom. The number of nitrogens with one attached hydrogen (secondary N) is 1. The SMILES string of the molecule is Cc1nn(C)cc1CNC(C)c1cccc(S(N)(=O)=O)c1. The minimum absolute atomic E-state index is 0.00584. The van der Waals surface area contributed by atoms with Crippen LogP contribution in [0.15, 0.2) is 35.4 Å². The summed E-state index contributed by atoms with van der Waals surface area (Å²) in [6.45, 7) is 4.61. The van der Waals surface area contributed by atoms with E-state index in [1.807, 2.05) is 33.2 Å². The lowest BCUT2D eigenvalue weighted by atomic mass is 10.1. The number of hydrogen-bond acceptors (Lipinski definition) is 4. The molecule has 2 rings (SSSR count). The summed E-state index contributed by atoms with van der Waals surface area (Å²) in [4.78, 5) is 0.131. The molecule has 21 heavy (non-hydrogen) atoms. The van der Waals surface area contributed by atoms with Crippen LogP contribution in [0.3, 0.4) is 0 Å². The van der Waals surface area contributed by atoms with E-state index < -0.39 is 10.0 Å². The van der Waals surface area contributed by atoms with E-state index >= 15 is 0 Å². The molecule has 0 spiro atoms. The lowest BCUT2D eigenvalue weighted by molar-refractivity contribution is 0.571. The fourth-order valence-corrected chi connectivity index (χ4v) is 2.73. The smallest absolute Gasteiger partial charge is 0.238 e. The van der Waals surface area contributed by atoms with Gasteiger partial charge in [-0.25, -0.2) is 13.6 Å². The topological polar surface area (TPSA) is 90.0 Å². The van der Waals surface area contributed by atoms with Crippen LogP contribution in [0.1, 0.15) is 29.8 Å². The summed E-state index contributed by atoms with van der Waals surface area (Å²) in [6, 6.07) is 6.68. The van der Waals surface area contributed by atoms with E-state index in [1.165, 1.54) is 6.07 Å². The van der Waals surface area contributed by atoms with Crippen molar-refractivity contribution >= 4 is 10.0 Å². The molecule has 0 aliphatic carbocycles. The van der Waals surface area contributed by atoms with Gasteiger partial charge in [-0.2, -0.15) is 5.10 Å². The fourth-order valence-electron chi connectivity index (χ4n) is 2.16. The van der Waals surface area contributed by atoms with Crippen molar-refractivity contribution in [2.24, 2.45) is 12.2 Å². The molecule has 0 fully saturated rings. The highest BCUT2D eigenvalue weighted by atomic mass is 32.2. The van der Waals surface area contributed by atoms with Crippen LogP contribution in [0.5, 0.6) is 0 Å². The van der Waals surface area contributed by atoms with Crippen LogP contribution in [0.25, 0.3) is 0 Å². The van der Waals surface area contributed by atoms with Gasteiger partial charge in [0.1, 0.15) is 0 Å². The average molecular weight is 308 g/mol. The normalized spacial score (nSPS) is 13.3. The summed E-state index contributed by atoms with van der Waals surface area (Å²) in [5.74, 6) is 0. The Morgan fingerprint density at radius 3 is 2.71 bits per heavy atom. The Labute approximate surface area is 125 Å². The zero-order chi connectivity index (χ0) is 15.6. The van der Waals surface area contributed by atoms with Gasteiger partial charge in [-0.15, -0.1) is 0 Å². The van der Waals surface area contributed by atoms with Gasteiger partial charge in [-0.05, 0) is 31.5 Å². The molecule has 114 valence electrons. The molecular formula is C14H20N4O2S. The zero-order valence-corrected chi connectivity index (χ0v) is 13.2. The third kappa shape index (κ3) is 3.90. The second-order valence-electron chi connectivity index (χ2n) is 5.13. The Hall–Kier alpha value is -1.70. The molecule has 1 unspecified atom stereocenters. The van der Waals surface area contributed by atoms with Gasteiger partial charge >= 0.3 is 0 Å². The molecule has 1 aromatic carbocycles. The zero-order valence-electron chi connectivity index (χ0n) is 12.4. The molecule has 2 aromatic rings. The molecule has 1 heterocycles. The van der Waals surface area contributed by atoms with Crippen molar-refractivity contribution < 1.29 is 8.42 Å². The maximum Gasteiger partial charge on any atom is 0.238 e. The molecule has 1 atom stereocenters. The van der Waals surface area contributed by atoms with Gasteiger partial charge in [0, 0.05) is 31.4 Å². The van der Waals surface area contributed by atoms with Gasteiger partial charge in [0.25, 0.3) is 0 Å². The van der Waals surface area contributed by atoms with E-state index in [4.69, 9.17) is 5.14 Å². The Morgan fingerprint density at radius 1 is 1.43 bits per heavy atom. The lowest BCUT2D eigenvalue weighted by Crippen LogP contribution is -2.19. The summed E-state index contributed by atoms with van der Waals surface area (Å²) >= 11 is 0. The summed E-state index contributed by atoms with van der Waals surface area (Å²) < 4.78 is 24.5. The number of sulfonamides is 1. The molecule has 7 heteroatoms. The Kier molecular flexibility index (Phi) is 4.46. The van der Waals surface area contributed by atoms with E-state index in [-0.39, 0.29) is 10.9 Å². The number of primary sulfonamides is 1. The van der Waals surface area contributed by atoms with Gasteiger partial charge in [-0.1, -0.05) is 12.1 Å². The maximum atomic E-state index is 11.4. The molecule has 1 aromatic heterocycles. The van der Waals surface area contributed by atoms with Gasteiger partial charge in [0.15, 0.2) is 0 Å². The molecule has 0 amide bonds. The first-order chi connectivity index (χ1) is 9.77. The number of hydrogen-bond donors (Lipinski definition) is 2. The van der Waals surface area contributed by atoms with Crippen LogP contribution in [0, 0.1) is 6.92 Å². The van der Waals surface area contributed by atoms with Crippen LogP contribution in [-0.4, -0.2) is 18.2 Å². The van der Waals surface area contributed by atoms with Crippen molar-refractivity contribution in [3.63, 3.8) is 0 Å². The largest absolute Gasteiger partial charge is 0.306 e. The van der Waals surface area contributed by atoms with Gasteiger partial charge < -0.3 is 5.32 Å². The molecule has 0 bridgehead atoms. The molecule has 0 radical (unpaired) electrons. The quantitative estimate of drug-likeness (QED) is 0.869. The summed E-state index contributed by atoms with van der Waals surface area (Å²) in [5, 5.41) is 12.8. The fraction of sp³-hybridized carbons (Fsp3) is 0.357. The van der Waals surface area contributed by atoms with Crippen molar-refractivity contribution in [1.29, 1.82) is 0 Å². The van der Waals surface area contributed by atoms with Crippen molar-refractivity contribution in [1.82, 2.24) is 15.1 Å². The molecule has 0 saturated carbocycles. The van der Waals surface area contributed by atoms with Crippen LogP contribution in [-0.2, 0) is 23.6 Å². The average Bonchev–Trinajstić information content (AvgIpc) is 2.73. The third-order valence-electron chi connectivity index (χ3n) is 3.40. The summed E-state index contributed by atoms with van der Waals surface area (Å²) in [5.41, 5.74) is 2.98. The molecule has 0 saturated heterocycles. The number of nitrogens with zero attached hydrogens (tertiary/aromatic N) is 2. The van der Waals surface area contributed by atoms with E-state index in [0.29, 0.717) is 6.54 Å². The minimum atomic E-state index is -3.67. The Bertz CT molecular complexity index is 737. The van der Waals surface area contributed by atoms with Crippen LogP contribution in [0.4, 0.5) is 0 Å². The second kappa shape index (κ2) is 5.97. The van der Waals surface area contributed by atoms with E-state index in [2.05, 4.69) is 10.4 Å². The molecule has 0 aliphatic heterocycles. The first-order valence-corrected chi connectivity index (χ1v) is 8.17. The minimum Gasteiger partial charge on any atom is -0.306 e. The number of benzene rings is 1. The second-order valence-corrected chi connectivity index (χ2v) is 6.69. The number of aromatic nitrogens is 2. The third-order valence-corrected chi connectivity index (χ3v) is 4.31. The maximum absolute atomic E-state index is 11.4. The number of nitrogens with two attached hydrogens (primary N) is 1. The molecule has 0 aliphatic rings. The summed E-state index contributed by atoms with van der Waals surface area (Å²) in [6.07, 6.45) is 1.97. The first kappa shape index (κ1) is 15.7. The molecular weight excluding hydrogens is 288 g/mol. The van der Waals surface area contributed by atoms with Gasteiger partial charge in [0.2, 0.25) is 10.0 Å². The van der Waals surface area contributed by atoms with Crippen molar-refractivity contribution in [3.05, 3.63) is 47.3 Å². The van der Waals surface area contributed by atoms with Crippen LogP contribution in [0.2, 0.25) is 0 Å². The highest BCUT2D eigenvalue weighted by molar-refractivity contribution is 7.89. The molecule has 6 nitrogen and oxygen atoms in total. The highest BCUT2D eigenvalue weighted by Gasteiger charge is 2.12. The van der Waals surface area contributed by atoms with E-state index in [0.717, 1.165) is 16.8 Å².